The highest BCUT2D eigenvalue weighted by Gasteiger charge is 2.10. The first-order valence-electron chi connectivity index (χ1n) is 8.99. The Morgan fingerprint density at radius 3 is 2.21 bits per heavy atom. The summed E-state index contributed by atoms with van der Waals surface area (Å²) in [6, 6.07) is 20.4. The van der Waals surface area contributed by atoms with Crippen LogP contribution in [0.4, 0.5) is 21.5 Å². The zero-order valence-electron chi connectivity index (χ0n) is 15.5. The summed E-state index contributed by atoms with van der Waals surface area (Å²) in [7, 11) is 0. The number of hydrogen-bond donors (Lipinski definition) is 4. The Labute approximate surface area is 173 Å². The van der Waals surface area contributed by atoms with E-state index >= 15 is 0 Å². The second-order valence-corrected chi connectivity index (χ2v) is 6.67. The molecule has 3 aromatic carbocycles. The van der Waals surface area contributed by atoms with Gasteiger partial charge in [0.2, 0.25) is 0 Å². The molecule has 0 unspecified atom stereocenters. The number of amides is 1. The molecular formula is C22H20FN3O2S. The van der Waals surface area contributed by atoms with E-state index in [0.717, 1.165) is 16.9 Å². The second kappa shape index (κ2) is 9.77. The second-order valence-electron chi connectivity index (χ2n) is 6.26. The van der Waals surface area contributed by atoms with Crippen LogP contribution in [0.5, 0.6) is 0 Å². The highest BCUT2D eigenvalue weighted by molar-refractivity contribution is 7.80. The first-order chi connectivity index (χ1) is 14.0. The van der Waals surface area contributed by atoms with Crippen LogP contribution in [-0.2, 0) is 6.42 Å². The smallest absolute Gasteiger partial charge is 0.258 e. The fourth-order valence-corrected chi connectivity index (χ4v) is 2.94. The molecular weight excluding hydrogens is 389 g/mol. The Kier molecular flexibility index (Phi) is 6.89. The largest absolute Gasteiger partial charge is 0.396 e. The topological polar surface area (TPSA) is 73.4 Å². The molecule has 0 spiro atoms. The van der Waals surface area contributed by atoms with Gasteiger partial charge >= 0.3 is 0 Å². The van der Waals surface area contributed by atoms with Gasteiger partial charge in [-0.3, -0.25) is 4.79 Å². The number of benzene rings is 3. The molecule has 0 radical (unpaired) electrons. The van der Waals surface area contributed by atoms with E-state index in [1.807, 2.05) is 24.3 Å². The van der Waals surface area contributed by atoms with Gasteiger partial charge in [-0.1, -0.05) is 24.3 Å². The maximum Gasteiger partial charge on any atom is 0.258 e. The van der Waals surface area contributed by atoms with Gasteiger partial charge in [0.25, 0.3) is 5.91 Å². The van der Waals surface area contributed by atoms with Gasteiger partial charge in [0.1, 0.15) is 5.82 Å². The number of carbonyl (C=O) groups excluding carboxylic acids is 1. The van der Waals surface area contributed by atoms with Crippen molar-refractivity contribution in [2.45, 2.75) is 6.42 Å². The number of halogens is 1. The van der Waals surface area contributed by atoms with Crippen LogP contribution in [0.15, 0.2) is 72.8 Å². The molecule has 0 aromatic heterocycles. The van der Waals surface area contributed by atoms with Crippen molar-refractivity contribution in [2.75, 3.05) is 22.6 Å². The molecule has 29 heavy (non-hydrogen) atoms. The molecule has 4 N–H and O–H groups in total. The predicted molar refractivity (Wildman–Crippen MR) is 118 cm³/mol. The standard InChI is InChI=1S/C22H20FN3O2S/c23-20-7-2-1-6-19(20)21(28)24-16-8-10-17(11-9-16)25-22(29)26-18-5-3-4-15(14-18)12-13-27/h1-11,14,27H,12-13H2,(H,24,28)(H2,25,26,29). The molecule has 3 aromatic rings. The Bertz CT molecular complexity index is 1010. The van der Waals surface area contributed by atoms with Crippen molar-refractivity contribution in [3.63, 3.8) is 0 Å². The molecule has 0 saturated carbocycles. The first-order valence-corrected chi connectivity index (χ1v) is 9.40. The lowest BCUT2D eigenvalue weighted by Crippen LogP contribution is -2.19. The number of anilines is 3. The quantitative estimate of drug-likeness (QED) is 0.454. The Balaban J connectivity index is 1.57. The summed E-state index contributed by atoms with van der Waals surface area (Å²) in [6.45, 7) is 0.0892. The maximum atomic E-state index is 13.7. The Hall–Kier alpha value is -3.29. The van der Waals surface area contributed by atoms with E-state index in [1.54, 1.807) is 30.3 Å². The van der Waals surface area contributed by atoms with Crippen LogP contribution < -0.4 is 16.0 Å². The van der Waals surface area contributed by atoms with Crippen molar-refractivity contribution in [1.29, 1.82) is 0 Å². The molecule has 0 heterocycles. The molecule has 0 aliphatic heterocycles. The molecule has 0 aliphatic rings. The van der Waals surface area contributed by atoms with Gasteiger partial charge in [-0.25, -0.2) is 4.39 Å². The van der Waals surface area contributed by atoms with E-state index in [2.05, 4.69) is 16.0 Å². The fraction of sp³-hybridized carbons (Fsp3) is 0.0909. The zero-order chi connectivity index (χ0) is 20.6. The third-order valence-corrected chi connectivity index (χ3v) is 4.31. The summed E-state index contributed by atoms with van der Waals surface area (Å²) in [5, 5.41) is 18.3. The highest BCUT2D eigenvalue weighted by Crippen LogP contribution is 2.17. The van der Waals surface area contributed by atoms with Crippen molar-refractivity contribution < 1.29 is 14.3 Å². The van der Waals surface area contributed by atoms with Gasteiger partial charge in [0, 0.05) is 23.7 Å². The maximum absolute atomic E-state index is 13.7. The van der Waals surface area contributed by atoms with E-state index in [4.69, 9.17) is 17.3 Å². The molecule has 7 heteroatoms. The van der Waals surface area contributed by atoms with E-state index < -0.39 is 11.7 Å². The number of nitrogens with one attached hydrogen (secondary N) is 3. The van der Waals surface area contributed by atoms with Crippen LogP contribution in [0.25, 0.3) is 0 Å². The monoisotopic (exact) mass is 409 g/mol. The minimum absolute atomic E-state index is 0.0106. The lowest BCUT2D eigenvalue weighted by Gasteiger charge is -2.12. The van der Waals surface area contributed by atoms with Crippen molar-refractivity contribution in [3.8, 4) is 0 Å². The van der Waals surface area contributed by atoms with Gasteiger partial charge in [-0.15, -0.1) is 0 Å². The van der Waals surface area contributed by atoms with Crippen LogP contribution in [-0.4, -0.2) is 22.7 Å². The van der Waals surface area contributed by atoms with Crippen LogP contribution in [0.3, 0.4) is 0 Å². The minimum atomic E-state index is -0.567. The Morgan fingerprint density at radius 2 is 1.52 bits per heavy atom. The number of aliphatic hydroxyl groups is 1. The van der Waals surface area contributed by atoms with Crippen molar-refractivity contribution in [3.05, 3.63) is 89.7 Å². The van der Waals surface area contributed by atoms with Crippen LogP contribution in [0, 0.1) is 5.82 Å². The van der Waals surface area contributed by atoms with Crippen molar-refractivity contribution >= 4 is 40.3 Å². The molecule has 1 amide bonds. The highest BCUT2D eigenvalue weighted by atomic mass is 32.1. The molecule has 3 rings (SSSR count). The van der Waals surface area contributed by atoms with E-state index in [9.17, 15) is 9.18 Å². The first kappa shape index (κ1) is 20.4. The number of aliphatic hydroxyl groups excluding tert-OH is 1. The van der Waals surface area contributed by atoms with Gasteiger partial charge in [0.05, 0.1) is 5.56 Å². The third kappa shape index (κ3) is 5.84. The van der Waals surface area contributed by atoms with Gasteiger partial charge in [0.15, 0.2) is 5.11 Å². The average Bonchev–Trinajstić information content (AvgIpc) is 2.70. The van der Waals surface area contributed by atoms with Gasteiger partial charge < -0.3 is 21.1 Å². The van der Waals surface area contributed by atoms with E-state index in [-0.39, 0.29) is 12.2 Å². The molecule has 0 fully saturated rings. The minimum Gasteiger partial charge on any atom is -0.396 e. The van der Waals surface area contributed by atoms with E-state index in [1.165, 1.54) is 18.2 Å². The van der Waals surface area contributed by atoms with Gasteiger partial charge in [-0.2, -0.15) is 0 Å². The van der Waals surface area contributed by atoms with E-state index in [0.29, 0.717) is 17.2 Å². The summed E-state index contributed by atoms with van der Waals surface area (Å²) >= 11 is 5.32. The number of carbonyl (C=O) groups is 1. The summed E-state index contributed by atoms with van der Waals surface area (Å²) in [5.41, 5.74) is 3.10. The zero-order valence-corrected chi connectivity index (χ0v) is 16.3. The lowest BCUT2D eigenvalue weighted by molar-refractivity contribution is 0.102. The summed E-state index contributed by atoms with van der Waals surface area (Å²) in [5.74, 6) is -1.08. The summed E-state index contributed by atoms with van der Waals surface area (Å²) in [6.07, 6.45) is 0.579. The lowest BCUT2D eigenvalue weighted by atomic mass is 10.1. The van der Waals surface area contributed by atoms with Crippen LogP contribution in [0.1, 0.15) is 15.9 Å². The SMILES string of the molecule is O=C(Nc1ccc(NC(=S)Nc2cccc(CCO)c2)cc1)c1ccccc1F. The average molecular weight is 409 g/mol. The fourth-order valence-electron chi connectivity index (χ4n) is 2.71. The third-order valence-electron chi connectivity index (χ3n) is 4.10. The van der Waals surface area contributed by atoms with Gasteiger partial charge in [-0.05, 0) is 72.7 Å². The number of thiocarbonyl (C=S) groups is 1. The van der Waals surface area contributed by atoms with Crippen LogP contribution in [0.2, 0.25) is 0 Å². The molecule has 0 bridgehead atoms. The summed E-state index contributed by atoms with van der Waals surface area (Å²) in [4.78, 5) is 12.2. The number of hydrogen-bond acceptors (Lipinski definition) is 3. The summed E-state index contributed by atoms with van der Waals surface area (Å²) < 4.78 is 13.7. The molecule has 0 saturated heterocycles. The normalized spacial score (nSPS) is 10.3. The molecule has 148 valence electrons. The van der Waals surface area contributed by atoms with Crippen molar-refractivity contribution in [1.82, 2.24) is 0 Å². The van der Waals surface area contributed by atoms with Crippen LogP contribution >= 0.6 is 12.2 Å². The number of rotatable bonds is 6. The van der Waals surface area contributed by atoms with Crippen molar-refractivity contribution in [2.24, 2.45) is 0 Å². The predicted octanol–water partition coefficient (Wildman–Crippen LogP) is 4.42. The molecule has 5 nitrogen and oxygen atoms in total. The molecule has 0 aliphatic carbocycles. The Morgan fingerprint density at radius 1 is 0.862 bits per heavy atom. The molecule has 0 atom stereocenters.